The molecule has 0 aliphatic heterocycles. The molecule has 1 aliphatic rings. The van der Waals surface area contributed by atoms with Crippen molar-refractivity contribution < 1.29 is 0 Å². The molecule has 0 unspecified atom stereocenters. The smallest absolute Gasteiger partial charge is 0.160 e. The SMILES string of the molecule is CC1(C)c2cc3ccccc3cc2-c2c(-c3ccc4ccccc4c3-c3cc(-c4ccc(-c5ccccc5-n5c6ccccc6c6ccccc65)cc4)nc(-c4ccccc4)n3)cccc21. The van der Waals surface area contributed by atoms with Gasteiger partial charge in [-0.15, -0.1) is 0 Å². The van der Waals surface area contributed by atoms with E-state index < -0.39 is 0 Å². The van der Waals surface area contributed by atoms with Crippen LogP contribution in [0.2, 0.25) is 0 Å². The van der Waals surface area contributed by atoms with Crippen LogP contribution in [-0.2, 0) is 5.41 Å². The Morgan fingerprint density at radius 2 is 0.924 bits per heavy atom. The number of fused-ring (bicyclic) bond motifs is 8. The zero-order valence-corrected chi connectivity index (χ0v) is 36.7. The van der Waals surface area contributed by atoms with Gasteiger partial charge in [0.15, 0.2) is 5.82 Å². The first-order valence-corrected chi connectivity index (χ1v) is 22.8. The molecule has 0 bridgehead atoms. The third-order valence-corrected chi connectivity index (χ3v) is 14.0. The van der Waals surface area contributed by atoms with Crippen LogP contribution in [0.4, 0.5) is 0 Å². The molecule has 2 aromatic heterocycles. The van der Waals surface area contributed by atoms with E-state index in [4.69, 9.17) is 9.97 Å². The topological polar surface area (TPSA) is 30.7 Å². The fourth-order valence-corrected chi connectivity index (χ4v) is 10.8. The van der Waals surface area contributed by atoms with E-state index in [9.17, 15) is 0 Å². The van der Waals surface area contributed by atoms with E-state index in [0.29, 0.717) is 5.82 Å². The molecule has 2 heterocycles. The van der Waals surface area contributed by atoms with E-state index in [0.717, 1.165) is 55.8 Å². The Balaban J connectivity index is 0.996. The maximum absolute atomic E-state index is 5.48. The van der Waals surface area contributed by atoms with Crippen LogP contribution in [-0.4, -0.2) is 14.5 Å². The quantitative estimate of drug-likeness (QED) is 0.167. The zero-order valence-electron chi connectivity index (χ0n) is 36.7. The van der Waals surface area contributed by atoms with Gasteiger partial charge in [-0.3, -0.25) is 0 Å². The molecule has 310 valence electrons. The molecule has 0 spiro atoms. The molecule has 3 heteroatoms. The monoisotopic (exact) mass is 841 g/mol. The summed E-state index contributed by atoms with van der Waals surface area (Å²) in [6.07, 6.45) is 0. The van der Waals surface area contributed by atoms with Gasteiger partial charge in [-0.1, -0.05) is 202 Å². The second kappa shape index (κ2) is 14.8. The summed E-state index contributed by atoms with van der Waals surface area (Å²) in [6.45, 7) is 4.74. The Morgan fingerprint density at radius 1 is 0.348 bits per heavy atom. The maximum atomic E-state index is 5.48. The van der Waals surface area contributed by atoms with E-state index in [1.165, 1.54) is 65.8 Å². The van der Waals surface area contributed by atoms with Crippen molar-refractivity contribution in [2.24, 2.45) is 0 Å². The van der Waals surface area contributed by atoms with E-state index in [1.54, 1.807) is 0 Å². The normalized spacial score (nSPS) is 12.8. The van der Waals surface area contributed by atoms with Crippen LogP contribution < -0.4 is 0 Å². The standard InChI is InChI=1S/C63H43N3/c1-63(2)53-27-16-26-50(60(53)52-37-44-20-6-7-21-45(44)38-54(52)63)51-36-35-40-17-8-9-23-47(40)61(51)56-39-55(64-62(65-56)43-18-4-3-5-19-43)42-33-31-41(32-34-42)46-22-10-13-28-57(46)66-58-29-14-11-24-48(58)49-25-12-15-30-59(49)66/h3-39H,1-2H3. The summed E-state index contributed by atoms with van der Waals surface area (Å²) in [5.74, 6) is 0.694. The minimum Gasteiger partial charge on any atom is -0.309 e. The minimum atomic E-state index is -0.166. The van der Waals surface area contributed by atoms with Crippen molar-refractivity contribution >= 4 is 43.4 Å². The average molecular weight is 842 g/mol. The molecule has 0 atom stereocenters. The van der Waals surface area contributed by atoms with Gasteiger partial charge in [0.2, 0.25) is 0 Å². The molecule has 10 aromatic carbocycles. The molecule has 13 rings (SSSR count). The molecule has 0 saturated heterocycles. The van der Waals surface area contributed by atoms with Gasteiger partial charge in [0, 0.05) is 38.4 Å². The van der Waals surface area contributed by atoms with Crippen molar-refractivity contribution in [1.82, 2.24) is 14.5 Å². The predicted octanol–water partition coefficient (Wildman–Crippen LogP) is 16.5. The molecular formula is C63H43N3. The van der Waals surface area contributed by atoms with Gasteiger partial charge >= 0.3 is 0 Å². The largest absolute Gasteiger partial charge is 0.309 e. The molecule has 0 fully saturated rings. The minimum absolute atomic E-state index is 0.166. The lowest BCUT2D eigenvalue weighted by Crippen LogP contribution is -2.14. The molecule has 0 N–H and O–H groups in total. The van der Waals surface area contributed by atoms with Crippen LogP contribution in [0.25, 0.3) is 116 Å². The van der Waals surface area contributed by atoms with Crippen LogP contribution in [0.5, 0.6) is 0 Å². The summed E-state index contributed by atoms with van der Waals surface area (Å²) in [4.78, 5) is 10.8. The van der Waals surface area contributed by atoms with Gasteiger partial charge in [-0.2, -0.15) is 0 Å². The van der Waals surface area contributed by atoms with Gasteiger partial charge in [0.1, 0.15) is 0 Å². The fourth-order valence-electron chi connectivity index (χ4n) is 10.8. The lowest BCUT2D eigenvalue weighted by molar-refractivity contribution is 0.661. The first kappa shape index (κ1) is 38.1. The van der Waals surface area contributed by atoms with Crippen molar-refractivity contribution in [1.29, 1.82) is 0 Å². The molecule has 66 heavy (non-hydrogen) atoms. The van der Waals surface area contributed by atoms with Gasteiger partial charge in [-0.25, -0.2) is 9.97 Å². The second-order valence-corrected chi connectivity index (χ2v) is 18.1. The average Bonchev–Trinajstić information content (AvgIpc) is 3.83. The first-order chi connectivity index (χ1) is 32.5. The summed E-state index contributed by atoms with van der Waals surface area (Å²) in [5, 5.41) is 7.35. The Morgan fingerprint density at radius 3 is 1.68 bits per heavy atom. The van der Waals surface area contributed by atoms with Gasteiger partial charge in [0.05, 0.1) is 28.1 Å². The van der Waals surface area contributed by atoms with Crippen molar-refractivity contribution in [2.75, 3.05) is 0 Å². The van der Waals surface area contributed by atoms with Crippen molar-refractivity contribution in [3.63, 3.8) is 0 Å². The van der Waals surface area contributed by atoms with Crippen LogP contribution in [0.15, 0.2) is 224 Å². The number of para-hydroxylation sites is 3. The molecule has 3 nitrogen and oxygen atoms in total. The number of nitrogens with zero attached hydrogens (tertiary/aromatic N) is 3. The molecule has 0 amide bonds. The highest BCUT2D eigenvalue weighted by atomic mass is 15.0. The lowest BCUT2D eigenvalue weighted by atomic mass is 9.81. The summed E-state index contributed by atoms with van der Waals surface area (Å²) >= 11 is 0. The van der Waals surface area contributed by atoms with Crippen molar-refractivity contribution in [2.45, 2.75) is 19.3 Å². The van der Waals surface area contributed by atoms with Crippen molar-refractivity contribution in [3.05, 3.63) is 236 Å². The van der Waals surface area contributed by atoms with Crippen molar-refractivity contribution in [3.8, 4) is 73.0 Å². The van der Waals surface area contributed by atoms with Crippen LogP contribution >= 0.6 is 0 Å². The van der Waals surface area contributed by atoms with Gasteiger partial charge < -0.3 is 4.57 Å². The highest BCUT2D eigenvalue weighted by Crippen LogP contribution is 2.54. The van der Waals surface area contributed by atoms with E-state index in [2.05, 4.69) is 237 Å². The lowest BCUT2D eigenvalue weighted by Gasteiger charge is -2.22. The Bertz CT molecular complexity index is 3840. The van der Waals surface area contributed by atoms with Crippen LogP contribution in [0, 0.1) is 0 Å². The number of benzene rings is 10. The zero-order chi connectivity index (χ0) is 43.9. The summed E-state index contributed by atoms with van der Waals surface area (Å²) in [7, 11) is 0. The Labute approximate surface area is 384 Å². The highest BCUT2D eigenvalue weighted by Gasteiger charge is 2.37. The number of rotatable bonds is 6. The highest BCUT2D eigenvalue weighted by molar-refractivity contribution is 6.10. The first-order valence-electron chi connectivity index (χ1n) is 22.8. The maximum Gasteiger partial charge on any atom is 0.160 e. The summed E-state index contributed by atoms with van der Waals surface area (Å²) < 4.78 is 2.41. The number of hydrogen-bond acceptors (Lipinski definition) is 2. The van der Waals surface area contributed by atoms with Gasteiger partial charge in [-0.05, 0) is 96.9 Å². The second-order valence-electron chi connectivity index (χ2n) is 18.1. The summed E-state index contributed by atoms with van der Waals surface area (Å²) in [6, 6.07) is 81.4. The van der Waals surface area contributed by atoms with E-state index in [1.807, 2.05) is 6.07 Å². The van der Waals surface area contributed by atoms with Crippen LogP contribution in [0.1, 0.15) is 25.0 Å². The summed E-state index contributed by atoms with van der Waals surface area (Å²) in [5.41, 5.74) is 18.2. The molecular weight excluding hydrogens is 799 g/mol. The third kappa shape index (κ3) is 5.90. The molecule has 1 aliphatic carbocycles. The van der Waals surface area contributed by atoms with E-state index in [-0.39, 0.29) is 5.41 Å². The molecule has 12 aromatic rings. The fraction of sp³-hybridized carbons (Fsp3) is 0.0476. The third-order valence-electron chi connectivity index (χ3n) is 14.0. The van der Waals surface area contributed by atoms with Crippen LogP contribution in [0.3, 0.4) is 0 Å². The van der Waals surface area contributed by atoms with Gasteiger partial charge in [0.25, 0.3) is 0 Å². The number of hydrogen-bond donors (Lipinski definition) is 0. The molecule has 0 radical (unpaired) electrons. The molecule has 0 saturated carbocycles. The van der Waals surface area contributed by atoms with E-state index >= 15 is 0 Å². The Kier molecular flexibility index (Phi) is 8.56. The Hall–Kier alpha value is -8.40. The number of aromatic nitrogens is 3. The predicted molar refractivity (Wildman–Crippen MR) is 276 cm³/mol.